The molecule has 1 aliphatic heterocycles. The average molecular weight is 395 g/mol. The molecule has 29 heavy (non-hydrogen) atoms. The number of amides is 1. The summed E-state index contributed by atoms with van der Waals surface area (Å²) in [6.07, 6.45) is 6.24. The SMILES string of the molecule is O=C(c1c[nH]c(=O)n(Cc2ccco2)c1=O)N1CCN(Cc2cccnc2)CC1. The quantitative estimate of drug-likeness (QED) is 0.676. The monoisotopic (exact) mass is 395 g/mol. The van der Waals surface area contributed by atoms with E-state index in [-0.39, 0.29) is 18.0 Å². The summed E-state index contributed by atoms with van der Waals surface area (Å²) in [4.78, 5) is 48.2. The lowest BCUT2D eigenvalue weighted by atomic mass is 10.2. The highest BCUT2D eigenvalue weighted by Crippen LogP contribution is 2.09. The van der Waals surface area contributed by atoms with Crippen molar-refractivity contribution in [2.45, 2.75) is 13.1 Å². The Morgan fingerprint density at radius 3 is 2.62 bits per heavy atom. The fraction of sp³-hybridized carbons (Fsp3) is 0.300. The summed E-state index contributed by atoms with van der Waals surface area (Å²) in [6.45, 7) is 3.16. The van der Waals surface area contributed by atoms with Gasteiger partial charge >= 0.3 is 5.69 Å². The van der Waals surface area contributed by atoms with Gasteiger partial charge in [-0.25, -0.2) is 4.79 Å². The third kappa shape index (κ3) is 4.19. The molecule has 0 unspecified atom stereocenters. The Hall–Kier alpha value is -3.46. The zero-order valence-electron chi connectivity index (χ0n) is 15.8. The second-order valence-corrected chi connectivity index (χ2v) is 6.91. The molecule has 0 radical (unpaired) electrons. The van der Waals surface area contributed by atoms with Crippen molar-refractivity contribution in [3.05, 3.63) is 86.8 Å². The summed E-state index contributed by atoms with van der Waals surface area (Å²) in [5.41, 5.74) is -0.122. The third-order valence-corrected chi connectivity index (χ3v) is 4.97. The minimum Gasteiger partial charge on any atom is -0.467 e. The second-order valence-electron chi connectivity index (χ2n) is 6.91. The predicted molar refractivity (Wildman–Crippen MR) is 105 cm³/mol. The van der Waals surface area contributed by atoms with Crippen molar-refractivity contribution in [1.29, 1.82) is 0 Å². The number of piperazine rings is 1. The van der Waals surface area contributed by atoms with Crippen molar-refractivity contribution in [3.8, 4) is 0 Å². The Morgan fingerprint density at radius 1 is 1.10 bits per heavy atom. The molecule has 9 heteroatoms. The van der Waals surface area contributed by atoms with Crippen LogP contribution in [0.5, 0.6) is 0 Å². The normalized spacial score (nSPS) is 14.8. The molecule has 1 saturated heterocycles. The topological polar surface area (TPSA) is 104 Å². The number of hydrogen-bond acceptors (Lipinski definition) is 6. The van der Waals surface area contributed by atoms with Crippen molar-refractivity contribution >= 4 is 5.91 Å². The Morgan fingerprint density at radius 2 is 1.93 bits per heavy atom. The van der Waals surface area contributed by atoms with E-state index in [4.69, 9.17) is 4.42 Å². The van der Waals surface area contributed by atoms with Gasteiger partial charge in [-0.3, -0.25) is 24.0 Å². The lowest BCUT2D eigenvalue weighted by molar-refractivity contribution is 0.0625. The molecule has 4 heterocycles. The maximum Gasteiger partial charge on any atom is 0.328 e. The number of aromatic amines is 1. The molecule has 4 rings (SSSR count). The Kier molecular flexibility index (Phi) is 5.39. The first-order valence-corrected chi connectivity index (χ1v) is 9.37. The molecule has 150 valence electrons. The van der Waals surface area contributed by atoms with Crippen LogP contribution in [0.1, 0.15) is 21.7 Å². The van der Waals surface area contributed by atoms with Crippen LogP contribution >= 0.6 is 0 Å². The van der Waals surface area contributed by atoms with E-state index in [1.54, 1.807) is 23.2 Å². The lowest BCUT2D eigenvalue weighted by Gasteiger charge is -2.34. The molecule has 1 aliphatic rings. The summed E-state index contributed by atoms with van der Waals surface area (Å²) in [6, 6.07) is 7.27. The molecule has 9 nitrogen and oxygen atoms in total. The van der Waals surface area contributed by atoms with E-state index in [1.165, 1.54) is 12.5 Å². The zero-order chi connectivity index (χ0) is 20.2. The molecular weight excluding hydrogens is 374 g/mol. The molecule has 1 N–H and O–H groups in total. The molecule has 1 amide bonds. The van der Waals surface area contributed by atoms with Crippen molar-refractivity contribution in [2.24, 2.45) is 0 Å². The van der Waals surface area contributed by atoms with Gasteiger partial charge in [0.05, 0.1) is 12.8 Å². The van der Waals surface area contributed by atoms with Crippen LogP contribution < -0.4 is 11.2 Å². The highest BCUT2D eigenvalue weighted by atomic mass is 16.3. The molecule has 3 aromatic rings. The van der Waals surface area contributed by atoms with Crippen LogP contribution in [-0.2, 0) is 13.1 Å². The molecule has 0 aliphatic carbocycles. The molecule has 0 saturated carbocycles. The number of carbonyl (C=O) groups excluding carboxylic acids is 1. The average Bonchev–Trinajstić information content (AvgIpc) is 3.25. The fourth-order valence-corrected chi connectivity index (χ4v) is 3.40. The van der Waals surface area contributed by atoms with Gasteiger partial charge in [-0.15, -0.1) is 0 Å². The minimum atomic E-state index is -0.618. The highest BCUT2D eigenvalue weighted by molar-refractivity contribution is 5.93. The van der Waals surface area contributed by atoms with Crippen molar-refractivity contribution in [1.82, 2.24) is 24.3 Å². The van der Waals surface area contributed by atoms with Gasteiger partial charge in [-0.1, -0.05) is 6.07 Å². The van der Waals surface area contributed by atoms with Crippen molar-refractivity contribution in [2.75, 3.05) is 26.2 Å². The van der Waals surface area contributed by atoms with Crippen LogP contribution in [0.4, 0.5) is 0 Å². The number of aromatic nitrogens is 3. The Balaban J connectivity index is 1.45. The zero-order valence-corrected chi connectivity index (χ0v) is 15.8. The van der Waals surface area contributed by atoms with Crippen LogP contribution in [-0.4, -0.2) is 56.4 Å². The number of H-pyrrole nitrogens is 1. The van der Waals surface area contributed by atoms with Crippen LogP contribution in [0.3, 0.4) is 0 Å². The second kappa shape index (κ2) is 8.27. The van der Waals surface area contributed by atoms with Gasteiger partial charge < -0.3 is 14.3 Å². The first-order valence-electron chi connectivity index (χ1n) is 9.37. The van der Waals surface area contributed by atoms with Gasteiger partial charge in [-0.2, -0.15) is 0 Å². The Bertz CT molecular complexity index is 1080. The van der Waals surface area contributed by atoms with Crippen LogP contribution in [0.2, 0.25) is 0 Å². The largest absolute Gasteiger partial charge is 0.467 e. The predicted octanol–water partition coefficient (Wildman–Crippen LogP) is 0.531. The number of nitrogens with one attached hydrogen (secondary N) is 1. The number of rotatable bonds is 5. The molecule has 3 aromatic heterocycles. The molecule has 0 spiro atoms. The molecule has 0 atom stereocenters. The lowest BCUT2D eigenvalue weighted by Crippen LogP contribution is -2.50. The maximum absolute atomic E-state index is 12.9. The molecule has 1 fully saturated rings. The summed E-state index contributed by atoms with van der Waals surface area (Å²) in [5, 5.41) is 0. The summed E-state index contributed by atoms with van der Waals surface area (Å²) >= 11 is 0. The van der Waals surface area contributed by atoms with E-state index in [1.807, 2.05) is 18.3 Å². The van der Waals surface area contributed by atoms with Gasteiger partial charge in [0.1, 0.15) is 11.3 Å². The van der Waals surface area contributed by atoms with E-state index in [2.05, 4.69) is 14.9 Å². The van der Waals surface area contributed by atoms with Crippen LogP contribution in [0.25, 0.3) is 0 Å². The van der Waals surface area contributed by atoms with Gasteiger partial charge in [-0.05, 0) is 23.8 Å². The first kappa shape index (κ1) is 18.9. The minimum absolute atomic E-state index is 0.0266. The Labute approximate surface area is 166 Å². The van der Waals surface area contributed by atoms with Crippen LogP contribution in [0, 0.1) is 0 Å². The summed E-state index contributed by atoms with van der Waals surface area (Å²) < 4.78 is 6.18. The van der Waals surface area contributed by atoms with E-state index < -0.39 is 11.2 Å². The first-order chi connectivity index (χ1) is 14.1. The van der Waals surface area contributed by atoms with Crippen molar-refractivity contribution < 1.29 is 9.21 Å². The number of carbonyl (C=O) groups is 1. The fourth-order valence-electron chi connectivity index (χ4n) is 3.40. The van der Waals surface area contributed by atoms with Gasteiger partial charge in [0.2, 0.25) is 0 Å². The summed E-state index contributed by atoms with van der Waals surface area (Å²) in [7, 11) is 0. The van der Waals surface area contributed by atoms with Crippen molar-refractivity contribution in [3.63, 3.8) is 0 Å². The van der Waals surface area contributed by atoms with Crippen LogP contribution in [0.15, 0.2) is 63.1 Å². The van der Waals surface area contributed by atoms with E-state index >= 15 is 0 Å². The smallest absolute Gasteiger partial charge is 0.328 e. The van der Waals surface area contributed by atoms with E-state index in [9.17, 15) is 14.4 Å². The number of pyridine rings is 1. The standard InChI is InChI=1S/C20H21N5O4/c26-18(24-8-6-23(7-9-24)13-15-3-1-5-21-11-15)17-12-22-20(28)25(19(17)27)14-16-4-2-10-29-16/h1-5,10-12H,6-9,13-14H2,(H,22,28). The number of hydrogen-bond donors (Lipinski definition) is 1. The third-order valence-electron chi connectivity index (χ3n) is 4.97. The molecule has 0 bridgehead atoms. The number of nitrogens with zero attached hydrogens (tertiary/aromatic N) is 4. The van der Waals surface area contributed by atoms with E-state index in [0.717, 1.165) is 16.7 Å². The summed E-state index contributed by atoms with van der Waals surface area (Å²) in [5.74, 6) is 0.0895. The maximum atomic E-state index is 12.9. The number of furan rings is 1. The highest BCUT2D eigenvalue weighted by Gasteiger charge is 2.25. The van der Waals surface area contributed by atoms with E-state index in [0.29, 0.717) is 31.9 Å². The molecule has 0 aromatic carbocycles. The van der Waals surface area contributed by atoms with Gasteiger partial charge in [0.25, 0.3) is 11.5 Å². The van der Waals surface area contributed by atoms with Gasteiger partial charge in [0, 0.05) is 51.3 Å². The van der Waals surface area contributed by atoms with Gasteiger partial charge in [0.15, 0.2) is 0 Å². The molecular formula is C20H21N5O4.